The Hall–Kier alpha value is -0.680. The number of β-amino-alcohol motifs (C(OH)–C–C–N with tert-alkyl or cyclic N) is 1. The summed E-state index contributed by atoms with van der Waals surface area (Å²) >= 11 is 0. The van der Waals surface area contributed by atoms with Crippen LogP contribution >= 0.6 is 0 Å². The Labute approximate surface area is 82.4 Å². The minimum absolute atomic E-state index is 0.0884. The van der Waals surface area contributed by atoms with E-state index in [9.17, 15) is 9.18 Å². The van der Waals surface area contributed by atoms with Crippen molar-refractivity contribution in [2.24, 2.45) is 0 Å². The zero-order valence-corrected chi connectivity index (χ0v) is 8.58. The smallest absolute Gasteiger partial charge is 0.326 e. The minimum atomic E-state index is -1.58. The van der Waals surface area contributed by atoms with Crippen LogP contribution in [-0.4, -0.2) is 41.5 Å². The Kier molecular flexibility index (Phi) is 3.11. The molecular formula is C9H16FNO3. The SMILES string of the molecule is CC(C)(C)OC(=O)[C@H]1NC[C@@H](O)[C@H]1F. The van der Waals surface area contributed by atoms with Gasteiger partial charge in [0.1, 0.15) is 11.6 Å². The van der Waals surface area contributed by atoms with E-state index < -0.39 is 29.9 Å². The summed E-state index contributed by atoms with van der Waals surface area (Å²) in [6.07, 6.45) is -2.70. The predicted octanol–water partition coefficient (Wildman–Crippen LogP) is -0.00110. The topological polar surface area (TPSA) is 58.6 Å². The van der Waals surface area contributed by atoms with Crippen molar-refractivity contribution in [2.75, 3.05) is 6.54 Å². The molecule has 0 amide bonds. The molecule has 0 saturated carbocycles. The zero-order valence-electron chi connectivity index (χ0n) is 8.58. The molecule has 1 aliphatic heterocycles. The summed E-state index contributed by atoms with van der Waals surface area (Å²) in [4.78, 5) is 11.4. The summed E-state index contributed by atoms with van der Waals surface area (Å²) in [6.45, 7) is 5.22. The van der Waals surface area contributed by atoms with Gasteiger partial charge in [-0.15, -0.1) is 0 Å². The van der Waals surface area contributed by atoms with Gasteiger partial charge in [0.15, 0.2) is 6.17 Å². The Morgan fingerprint density at radius 1 is 1.57 bits per heavy atom. The number of halogens is 1. The van der Waals surface area contributed by atoms with E-state index in [0.717, 1.165) is 0 Å². The fraction of sp³-hybridized carbons (Fsp3) is 0.889. The summed E-state index contributed by atoms with van der Waals surface area (Å²) in [5.41, 5.74) is -0.633. The van der Waals surface area contributed by atoms with E-state index in [1.54, 1.807) is 20.8 Å². The fourth-order valence-electron chi connectivity index (χ4n) is 1.27. The minimum Gasteiger partial charge on any atom is -0.459 e. The number of nitrogens with one attached hydrogen (secondary N) is 1. The molecule has 1 fully saturated rings. The summed E-state index contributed by atoms with van der Waals surface area (Å²) in [5.74, 6) is -0.651. The van der Waals surface area contributed by atoms with Crippen LogP contribution in [0.1, 0.15) is 20.8 Å². The Bertz CT molecular complexity index is 227. The second-order valence-corrected chi connectivity index (χ2v) is 4.43. The van der Waals surface area contributed by atoms with E-state index in [1.165, 1.54) is 0 Å². The first kappa shape index (κ1) is 11.4. The highest BCUT2D eigenvalue weighted by Gasteiger charge is 2.41. The van der Waals surface area contributed by atoms with Gasteiger partial charge in [0.05, 0.1) is 6.10 Å². The van der Waals surface area contributed by atoms with Gasteiger partial charge in [0.2, 0.25) is 0 Å². The van der Waals surface area contributed by atoms with Gasteiger partial charge in [-0.05, 0) is 20.8 Å². The number of esters is 1. The number of rotatable bonds is 1. The standard InChI is InChI=1S/C9H16FNO3/c1-9(2,3)14-8(13)7-6(10)5(12)4-11-7/h5-7,11-12H,4H2,1-3H3/t5-,6-,7+/m1/s1. The van der Waals surface area contributed by atoms with Gasteiger partial charge in [-0.1, -0.05) is 0 Å². The quantitative estimate of drug-likeness (QED) is 0.591. The number of hydrogen-bond donors (Lipinski definition) is 2. The first-order chi connectivity index (χ1) is 6.31. The molecule has 0 bridgehead atoms. The third kappa shape index (κ3) is 2.65. The summed E-state index contributed by atoms with van der Waals surface area (Å²) in [6, 6.07) is -1.04. The van der Waals surface area contributed by atoms with Crippen LogP contribution in [0.3, 0.4) is 0 Å². The molecular weight excluding hydrogens is 189 g/mol. The average molecular weight is 205 g/mol. The van der Waals surface area contributed by atoms with Crippen molar-refractivity contribution in [2.45, 2.75) is 44.7 Å². The molecule has 3 atom stereocenters. The van der Waals surface area contributed by atoms with Crippen LogP contribution in [0.2, 0.25) is 0 Å². The number of ether oxygens (including phenoxy) is 1. The van der Waals surface area contributed by atoms with E-state index in [-0.39, 0.29) is 6.54 Å². The number of aliphatic hydroxyl groups excluding tert-OH is 1. The molecule has 4 nitrogen and oxygen atoms in total. The van der Waals surface area contributed by atoms with Gasteiger partial charge in [0, 0.05) is 6.54 Å². The van der Waals surface area contributed by atoms with Crippen molar-refractivity contribution in [3.05, 3.63) is 0 Å². The highest BCUT2D eigenvalue weighted by molar-refractivity contribution is 5.77. The van der Waals surface area contributed by atoms with Crippen molar-refractivity contribution in [3.8, 4) is 0 Å². The van der Waals surface area contributed by atoms with Crippen molar-refractivity contribution < 1.29 is 19.0 Å². The Morgan fingerprint density at radius 2 is 2.14 bits per heavy atom. The van der Waals surface area contributed by atoms with E-state index in [0.29, 0.717) is 0 Å². The van der Waals surface area contributed by atoms with Gasteiger partial charge in [-0.25, -0.2) is 4.39 Å². The highest BCUT2D eigenvalue weighted by Crippen LogP contribution is 2.16. The van der Waals surface area contributed by atoms with E-state index >= 15 is 0 Å². The molecule has 0 radical (unpaired) electrons. The summed E-state index contributed by atoms with van der Waals surface area (Å²) in [5, 5.41) is 11.6. The first-order valence-electron chi connectivity index (χ1n) is 4.59. The zero-order chi connectivity index (χ0) is 10.9. The molecule has 1 aliphatic rings. The molecule has 0 aliphatic carbocycles. The molecule has 5 heteroatoms. The summed E-state index contributed by atoms with van der Waals surface area (Å²) < 4.78 is 18.2. The molecule has 1 rings (SSSR count). The van der Waals surface area contributed by atoms with Crippen LogP contribution in [-0.2, 0) is 9.53 Å². The van der Waals surface area contributed by atoms with E-state index in [2.05, 4.69) is 5.32 Å². The molecule has 82 valence electrons. The molecule has 0 unspecified atom stereocenters. The van der Waals surface area contributed by atoms with Gasteiger partial charge >= 0.3 is 5.97 Å². The molecule has 0 spiro atoms. The Morgan fingerprint density at radius 3 is 2.50 bits per heavy atom. The van der Waals surface area contributed by atoms with E-state index in [4.69, 9.17) is 9.84 Å². The van der Waals surface area contributed by atoms with Gasteiger partial charge in [-0.2, -0.15) is 0 Å². The third-order valence-electron chi connectivity index (χ3n) is 1.89. The molecule has 1 saturated heterocycles. The first-order valence-corrected chi connectivity index (χ1v) is 4.59. The number of alkyl halides is 1. The summed E-state index contributed by atoms with van der Waals surface area (Å²) in [7, 11) is 0. The van der Waals surface area contributed by atoms with Crippen LogP contribution in [0.5, 0.6) is 0 Å². The van der Waals surface area contributed by atoms with Crippen molar-refractivity contribution in [1.82, 2.24) is 5.32 Å². The van der Waals surface area contributed by atoms with E-state index in [1.807, 2.05) is 0 Å². The molecule has 1 heterocycles. The molecule has 14 heavy (non-hydrogen) atoms. The van der Waals surface area contributed by atoms with Crippen LogP contribution in [0.4, 0.5) is 4.39 Å². The van der Waals surface area contributed by atoms with Crippen LogP contribution in [0, 0.1) is 0 Å². The molecule has 2 N–H and O–H groups in total. The van der Waals surface area contributed by atoms with Crippen LogP contribution in [0.25, 0.3) is 0 Å². The van der Waals surface area contributed by atoms with Crippen molar-refractivity contribution in [3.63, 3.8) is 0 Å². The predicted molar refractivity (Wildman–Crippen MR) is 48.5 cm³/mol. The van der Waals surface area contributed by atoms with Gasteiger partial charge in [-0.3, -0.25) is 10.1 Å². The van der Waals surface area contributed by atoms with Gasteiger partial charge < -0.3 is 9.84 Å². The van der Waals surface area contributed by atoms with Crippen LogP contribution in [0.15, 0.2) is 0 Å². The maximum Gasteiger partial charge on any atom is 0.326 e. The maximum absolute atomic E-state index is 13.2. The lowest BCUT2D eigenvalue weighted by Gasteiger charge is -2.22. The Balaban J connectivity index is 2.54. The van der Waals surface area contributed by atoms with Crippen molar-refractivity contribution >= 4 is 5.97 Å². The normalized spacial score (nSPS) is 33.1. The number of carbonyl (C=O) groups excluding carboxylic acids is 1. The number of carbonyl (C=O) groups is 1. The lowest BCUT2D eigenvalue weighted by Crippen LogP contribution is -2.42. The number of hydrogen-bond acceptors (Lipinski definition) is 4. The monoisotopic (exact) mass is 205 g/mol. The number of aliphatic hydroxyl groups is 1. The third-order valence-corrected chi connectivity index (χ3v) is 1.89. The lowest BCUT2D eigenvalue weighted by molar-refractivity contribution is -0.158. The fourth-order valence-corrected chi connectivity index (χ4v) is 1.27. The van der Waals surface area contributed by atoms with Crippen LogP contribution < -0.4 is 5.32 Å². The molecule has 0 aromatic heterocycles. The average Bonchev–Trinajstić information content (AvgIpc) is 2.29. The second kappa shape index (κ2) is 3.82. The lowest BCUT2D eigenvalue weighted by atomic mass is 10.1. The highest BCUT2D eigenvalue weighted by atomic mass is 19.1. The maximum atomic E-state index is 13.2. The van der Waals surface area contributed by atoms with Gasteiger partial charge in [0.25, 0.3) is 0 Å². The van der Waals surface area contributed by atoms with Crippen molar-refractivity contribution in [1.29, 1.82) is 0 Å². The molecule has 0 aromatic rings. The second-order valence-electron chi connectivity index (χ2n) is 4.43. The largest absolute Gasteiger partial charge is 0.459 e. The molecule has 0 aromatic carbocycles.